The number of benzene rings is 1. The molecule has 0 unspecified atom stereocenters. The highest BCUT2D eigenvalue weighted by atomic mass is 16.3. The number of rotatable bonds is 2. The van der Waals surface area contributed by atoms with Crippen molar-refractivity contribution in [3.8, 4) is 11.8 Å². The molecule has 4 heteroatoms. The van der Waals surface area contributed by atoms with Crippen LogP contribution in [0.25, 0.3) is 0 Å². The van der Waals surface area contributed by atoms with Crippen LogP contribution in [-0.2, 0) is 4.79 Å². The van der Waals surface area contributed by atoms with E-state index in [-0.39, 0.29) is 11.7 Å². The molecule has 1 aromatic rings. The first kappa shape index (κ1) is 11.5. The largest absolute Gasteiger partial charge is 0.508 e. The van der Waals surface area contributed by atoms with E-state index < -0.39 is 5.41 Å². The van der Waals surface area contributed by atoms with Gasteiger partial charge in [0.2, 0.25) is 5.91 Å². The summed E-state index contributed by atoms with van der Waals surface area (Å²) in [6.45, 7) is 2.03. The molecule has 88 valence electrons. The lowest BCUT2D eigenvalue weighted by Crippen LogP contribution is -2.45. The predicted molar refractivity (Wildman–Crippen MR) is 63.2 cm³/mol. The lowest BCUT2D eigenvalue weighted by molar-refractivity contribution is -0.128. The van der Waals surface area contributed by atoms with Crippen molar-refractivity contribution >= 4 is 11.6 Å². The van der Waals surface area contributed by atoms with Gasteiger partial charge < -0.3 is 10.4 Å². The van der Waals surface area contributed by atoms with Gasteiger partial charge in [-0.2, -0.15) is 5.26 Å². The van der Waals surface area contributed by atoms with Gasteiger partial charge in [0, 0.05) is 5.69 Å². The molecular formula is C13H14N2O2. The van der Waals surface area contributed by atoms with Gasteiger partial charge in [0.05, 0.1) is 6.07 Å². The average molecular weight is 230 g/mol. The highest BCUT2D eigenvalue weighted by molar-refractivity contribution is 5.97. The van der Waals surface area contributed by atoms with Gasteiger partial charge in [0.1, 0.15) is 11.2 Å². The topological polar surface area (TPSA) is 73.1 Å². The van der Waals surface area contributed by atoms with Gasteiger partial charge >= 0.3 is 0 Å². The van der Waals surface area contributed by atoms with E-state index in [1.807, 2.05) is 6.92 Å². The van der Waals surface area contributed by atoms with Gasteiger partial charge in [-0.25, -0.2) is 0 Å². The number of nitrogens with one attached hydrogen (secondary N) is 1. The van der Waals surface area contributed by atoms with Crippen LogP contribution >= 0.6 is 0 Å². The molecular weight excluding hydrogens is 216 g/mol. The monoisotopic (exact) mass is 230 g/mol. The molecule has 17 heavy (non-hydrogen) atoms. The summed E-state index contributed by atoms with van der Waals surface area (Å²) in [5.41, 5.74) is -0.265. The minimum absolute atomic E-state index is 0.148. The van der Waals surface area contributed by atoms with Crippen LogP contribution in [0, 0.1) is 22.7 Å². The summed E-state index contributed by atoms with van der Waals surface area (Å²) in [4.78, 5) is 12.0. The lowest BCUT2D eigenvalue weighted by Gasteiger charge is -2.39. The SMILES string of the molecule is CC1CC(C#N)(C(=O)Nc2ccc(O)cc2)C1. The Kier molecular flexibility index (Phi) is 2.76. The Bertz CT molecular complexity index is 467. The standard InChI is InChI=1S/C13H14N2O2/c1-9-6-13(7-9,8-14)12(17)15-10-2-4-11(16)5-3-10/h2-5,9,16H,6-7H2,1H3,(H,15,17). The molecule has 0 bridgehead atoms. The molecule has 1 aliphatic rings. The van der Waals surface area contributed by atoms with Crippen LogP contribution in [0.1, 0.15) is 19.8 Å². The van der Waals surface area contributed by atoms with Crippen molar-refractivity contribution in [1.29, 1.82) is 5.26 Å². The molecule has 0 saturated heterocycles. The molecule has 1 saturated carbocycles. The molecule has 0 heterocycles. The third-order valence-corrected chi connectivity index (χ3v) is 3.17. The summed E-state index contributed by atoms with van der Waals surface area (Å²) < 4.78 is 0. The Balaban J connectivity index is 2.07. The molecule has 2 N–H and O–H groups in total. The minimum atomic E-state index is -0.864. The second-order valence-electron chi connectivity index (χ2n) is 4.71. The maximum absolute atomic E-state index is 12.0. The van der Waals surface area contributed by atoms with E-state index in [2.05, 4.69) is 11.4 Å². The second kappa shape index (κ2) is 4.10. The van der Waals surface area contributed by atoms with Crippen LogP contribution < -0.4 is 5.32 Å². The number of amides is 1. The number of hydrogen-bond acceptors (Lipinski definition) is 3. The van der Waals surface area contributed by atoms with Crippen LogP contribution in [0.2, 0.25) is 0 Å². The fourth-order valence-electron chi connectivity index (χ4n) is 2.25. The van der Waals surface area contributed by atoms with Gasteiger partial charge in [-0.05, 0) is 43.0 Å². The first-order valence-corrected chi connectivity index (χ1v) is 5.57. The normalized spacial score (nSPS) is 26.7. The molecule has 0 aromatic heterocycles. The van der Waals surface area contributed by atoms with Crippen molar-refractivity contribution < 1.29 is 9.90 Å². The Morgan fingerprint density at radius 3 is 2.53 bits per heavy atom. The Labute approximate surface area is 99.9 Å². The lowest BCUT2D eigenvalue weighted by atomic mass is 9.63. The predicted octanol–water partition coefficient (Wildman–Crippen LogP) is 2.27. The summed E-state index contributed by atoms with van der Waals surface area (Å²) >= 11 is 0. The summed E-state index contributed by atoms with van der Waals surface area (Å²) in [5.74, 6) is 0.333. The molecule has 4 nitrogen and oxygen atoms in total. The maximum Gasteiger partial charge on any atom is 0.244 e. The quantitative estimate of drug-likeness (QED) is 0.765. The molecule has 0 spiro atoms. The Morgan fingerprint density at radius 2 is 2.06 bits per heavy atom. The van der Waals surface area contributed by atoms with Crippen LogP contribution in [0.15, 0.2) is 24.3 Å². The number of aromatic hydroxyl groups is 1. The number of nitrogens with zero attached hydrogens (tertiary/aromatic N) is 1. The average Bonchev–Trinajstić information content (AvgIpc) is 2.27. The van der Waals surface area contributed by atoms with Gasteiger partial charge in [0.15, 0.2) is 0 Å². The molecule has 0 radical (unpaired) electrons. The first-order chi connectivity index (χ1) is 8.05. The fourth-order valence-corrected chi connectivity index (χ4v) is 2.25. The number of phenols is 1. The van der Waals surface area contributed by atoms with E-state index in [1.165, 1.54) is 12.1 Å². The molecule has 1 amide bonds. The van der Waals surface area contributed by atoms with Gasteiger partial charge in [-0.1, -0.05) is 6.92 Å². The Hall–Kier alpha value is -2.02. The molecule has 1 aliphatic carbocycles. The summed E-state index contributed by atoms with van der Waals surface area (Å²) in [7, 11) is 0. The van der Waals surface area contributed by atoms with Crippen molar-refractivity contribution in [2.75, 3.05) is 5.32 Å². The number of carbonyl (C=O) groups is 1. The third kappa shape index (κ3) is 2.09. The van der Waals surface area contributed by atoms with Crippen molar-refractivity contribution in [2.45, 2.75) is 19.8 Å². The minimum Gasteiger partial charge on any atom is -0.508 e. The highest BCUT2D eigenvalue weighted by Gasteiger charge is 2.48. The fraction of sp³-hybridized carbons (Fsp3) is 0.385. The second-order valence-corrected chi connectivity index (χ2v) is 4.71. The first-order valence-electron chi connectivity index (χ1n) is 5.57. The van der Waals surface area contributed by atoms with Crippen molar-refractivity contribution in [3.05, 3.63) is 24.3 Å². The number of anilines is 1. The summed E-state index contributed by atoms with van der Waals surface area (Å²) in [6, 6.07) is 8.33. The van der Waals surface area contributed by atoms with E-state index in [4.69, 9.17) is 10.4 Å². The van der Waals surface area contributed by atoms with Crippen molar-refractivity contribution in [2.24, 2.45) is 11.3 Å². The molecule has 0 aliphatic heterocycles. The number of phenolic OH excluding ortho intramolecular Hbond substituents is 1. The van der Waals surface area contributed by atoms with Crippen molar-refractivity contribution in [1.82, 2.24) is 0 Å². The number of nitriles is 1. The highest BCUT2D eigenvalue weighted by Crippen LogP contribution is 2.45. The third-order valence-electron chi connectivity index (χ3n) is 3.17. The zero-order valence-electron chi connectivity index (χ0n) is 9.60. The van der Waals surface area contributed by atoms with Gasteiger partial charge in [0.25, 0.3) is 0 Å². The van der Waals surface area contributed by atoms with Crippen LogP contribution in [0.4, 0.5) is 5.69 Å². The summed E-state index contributed by atoms with van der Waals surface area (Å²) in [6.07, 6.45) is 1.24. The van der Waals surface area contributed by atoms with E-state index in [1.54, 1.807) is 12.1 Å². The molecule has 1 aromatic carbocycles. The zero-order chi connectivity index (χ0) is 12.5. The molecule has 2 rings (SSSR count). The molecule has 0 atom stereocenters. The maximum atomic E-state index is 12.0. The van der Waals surface area contributed by atoms with Crippen LogP contribution in [0.5, 0.6) is 5.75 Å². The Morgan fingerprint density at radius 1 is 1.47 bits per heavy atom. The van der Waals surface area contributed by atoms with Crippen LogP contribution in [0.3, 0.4) is 0 Å². The van der Waals surface area contributed by atoms with Gasteiger partial charge in [-0.3, -0.25) is 4.79 Å². The van der Waals surface area contributed by atoms with E-state index in [0.29, 0.717) is 24.4 Å². The van der Waals surface area contributed by atoms with Gasteiger partial charge in [-0.15, -0.1) is 0 Å². The summed E-state index contributed by atoms with van der Waals surface area (Å²) in [5, 5.41) is 20.9. The van der Waals surface area contributed by atoms with Crippen molar-refractivity contribution in [3.63, 3.8) is 0 Å². The molecule has 1 fully saturated rings. The number of hydrogen-bond donors (Lipinski definition) is 2. The van der Waals surface area contributed by atoms with E-state index in [0.717, 1.165) is 0 Å². The van der Waals surface area contributed by atoms with Crippen LogP contribution in [-0.4, -0.2) is 11.0 Å². The number of carbonyl (C=O) groups excluding carboxylic acids is 1. The zero-order valence-corrected chi connectivity index (χ0v) is 9.60. The van der Waals surface area contributed by atoms with E-state index in [9.17, 15) is 4.79 Å². The van der Waals surface area contributed by atoms with E-state index >= 15 is 0 Å². The smallest absolute Gasteiger partial charge is 0.244 e.